The first-order valence-electron chi connectivity index (χ1n) is 11.2. The molecule has 0 spiro atoms. The van der Waals surface area contributed by atoms with E-state index in [2.05, 4.69) is 21.1 Å². The minimum Gasteiger partial charge on any atom is -0.265 e. The molecule has 0 N–H and O–H groups in total. The molecule has 2 heterocycles. The molecular formula is C21H34N4P+. The van der Waals surface area contributed by atoms with Crippen LogP contribution in [0.25, 0.3) is 6.08 Å². The summed E-state index contributed by atoms with van der Waals surface area (Å²) in [5.41, 5.74) is 4.15. The first-order chi connectivity index (χ1) is 12.9. The van der Waals surface area contributed by atoms with Gasteiger partial charge in [0.05, 0.1) is 17.0 Å². The summed E-state index contributed by atoms with van der Waals surface area (Å²) >= 11 is 0. The fourth-order valence-electron chi connectivity index (χ4n) is 6.71. The molecule has 0 bridgehead atoms. The molecule has 3 saturated carbocycles. The van der Waals surface area contributed by atoms with Gasteiger partial charge in [0, 0.05) is 13.8 Å². The largest absolute Gasteiger partial charge is 0.265 e. The van der Waals surface area contributed by atoms with Crippen LogP contribution in [0.15, 0.2) is 4.99 Å². The first kappa shape index (κ1) is 17.3. The minimum atomic E-state index is -1.09. The lowest BCUT2D eigenvalue weighted by Crippen LogP contribution is -2.38. The summed E-state index contributed by atoms with van der Waals surface area (Å²) in [5.74, 6) is 0. The highest BCUT2D eigenvalue weighted by molar-refractivity contribution is 7.77. The number of rotatable bonds is 5. The molecule has 0 unspecified atom stereocenters. The smallest absolute Gasteiger partial charge is 0.177 e. The molecule has 0 saturated heterocycles. The summed E-state index contributed by atoms with van der Waals surface area (Å²) in [6, 6.07) is 0. The van der Waals surface area contributed by atoms with Crippen LogP contribution in [0.5, 0.6) is 0 Å². The van der Waals surface area contributed by atoms with Gasteiger partial charge in [-0.1, -0.05) is 11.3 Å². The van der Waals surface area contributed by atoms with Crippen LogP contribution in [0.1, 0.15) is 83.5 Å². The standard InChI is InChI=1S/C21H34N4P/c1-2-9-17(8-1)26(18-10-3-4-11-18,19-12-5-6-13-19)16-25-21-20(23-24-25)14-7-15-22-21/h14,17-19H,1-13,15-16H2/q+1. The van der Waals surface area contributed by atoms with Crippen molar-refractivity contribution in [3.63, 3.8) is 0 Å². The van der Waals surface area contributed by atoms with Crippen LogP contribution in [0.3, 0.4) is 0 Å². The fraction of sp³-hybridized carbons (Fsp3) is 0.857. The molecule has 0 radical (unpaired) electrons. The summed E-state index contributed by atoms with van der Waals surface area (Å²) in [5, 5.41) is 10.2. The van der Waals surface area contributed by atoms with Crippen molar-refractivity contribution in [2.45, 2.75) is 107 Å². The monoisotopic (exact) mass is 373 g/mol. The molecule has 4 aliphatic rings. The second-order valence-corrected chi connectivity index (χ2v) is 13.6. The molecule has 1 aromatic rings. The predicted octanol–water partition coefficient (Wildman–Crippen LogP) is 3.88. The van der Waals surface area contributed by atoms with Gasteiger partial charge in [0.2, 0.25) is 0 Å². The van der Waals surface area contributed by atoms with E-state index in [-0.39, 0.29) is 0 Å². The van der Waals surface area contributed by atoms with Crippen molar-refractivity contribution in [3.05, 3.63) is 10.8 Å². The topological polar surface area (TPSA) is 43.1 Å². The van der Waals surface area contributed by atoms with E-state index in [1.807, 2.05) is 0 Å². The van der Waals surface area contributed by atoms with Gasteiger partial charge >= 0.3 is 0 Å². The summed E-state index contributed by atoms with van der Waals surface area (Å²) in [6.45, 7) is 0.919. The number of aromatic nitrogens is 3. The molecular weight excluding hydrogens is 339 g/mol. The predicted molar refractivity (Wildman–Crippen MR) is 108 cm³/mol. The van der Waals surface area contributed by atoms with Crippen LogP contribution in [0.4, 0.5) is 0 Å². The van der Waals surface area contributed by atoms with Gasteiger partial charge in [0.25, 0.3) is 0 Å². The average molecular weight is 374 g/mol. The summed E-state index contributed by atoms with van der Waals surface area (Å²) in [4.78, 5) is 4.84. The molecule has 3 aliphatic carbocycles. The Bertz CT molecular complexity index is 696. The molecule has 142 valence electrons. The van der Waals surface area contributed by atoms with Gasteiger partial charge in [-0.2, -0.15) is 4.68 Å². The molecule has 26 heavy (non-hydrogen) atoms. The number of hydrogen-bond donors (Lipinski definition) is 0. The Hall–Kier alpha value is -0.760. The summed E-state index contributed by atoms with van der Waals surface area (Å²) in [6.07, 6.45) is 22.3. The van der Waals surface area contributed by atoms with E-state index in [0.717, 1.165) is 40.8 Å². The maximum atomic E-state index is 4.84. The maximum absolute atomic E-state index is 4.84. The normalized spacial score (nSPS) is 25.4. The highest BCUT2D eigenvalue weighted by atomic mass is 31.2. The third kappa shape index (κ3) is 2.87. The Labute approximate surface area is 157 Å². The lowest BCUT2D eigenvalue weighted by Gasteiger charge is -2.42. The molecule has 0 atom stereocenters. The van der Waals surface area contributed by atoms with Crippen molar-refractivity contribution in [2.24, 2.45) is 4.99 Å². The maximum Gasteiger partial charge on any atom is 0.177 e. The summed E-state index contributed by atoms with van der Waals surface area (Å²) < 4.78 is 2.29. The highest BCUT2D eigenvalue weighted by Gasteiger charge is 2.59. The molecule has 3 fully saturated rings. The Morgan fingerprint density at radius 1 is 0.846 bits per heavy atom. The molecule has 5 heteroatoms. The van der Waals surface area contributed by atoms with Crippen molar-refractivity contribution in [2.75, 3.05) is 6.54 Å². The lowest BCUT2D eigenvalue weighted by atomic mass is 10.3. The minimum absolute atomic E-state index is 0.919. The number of nitrogens with zero attached hydrogens (tertiary/aromatic N) is 4. The van der Waals surface area contributed by atoms with Crippen LogP contribution < -0.4 is 10.8 Å². The second kappa shape index (κ2) is 7.34. The average Bonchev–Trinajstić information content (AvgIpc) is 3.49. The van der Waals surface area contributed by atoms with E-state index in [9.17, 15) is 0 Å². The van der Waals surface area contributed by atoms with Crippen LogP contribution >= 0.6 is 7.26 Å². The first-order valence-corrected chi connectivity index (χ1v) is 13.4. The van der Waals surface area contributed by atoms with Gasteiger partial charge in [-0.15, -0.1) is 5.10 Å². The number of hydrogen-bond acceptors (Lipinski definition) is 3. The Morgan fingerprint density at radius 2 is 1.38 bits per heavy atom. The van der Waals surface area contributed by atoms with Crippen LogP contribution in [0.2, 0.25) is 0 Å². The van der Waals surface area contributed by atoms with Gasteiger partial charge in [0.1, 0.15) is 5.35 Å². The van der Waals surface area contributed by atoms with Gasteiger partial charge < -0.3 is 0 Å². The molecule has 5 rings (SSSR count). The van der Waals surface area contributed by atoms with E-state index in [0.29, 0.717) is 0 Å². The fourth-order valence-corrected chi connectivity index (χ4v) is 13.8. The van der Waals surface area contributed by atoms with Gasteiger partial charge in [-0.05, 0) is 83.5 Å². The van der Waals surface area contributed by atoms with Gasteiger partial charge in [0.15, 0.2) is 11.8 Å². The van der Waals surface area contributed by atoms with E-state index in [4.69, 9.17) is 4.99 Å². The molecule has 4 nitrogen and oxygen atoms in total. The van der Waals surface area contributed by atoms with E-state index in [1.165, 1.54) is 83.3 Å². The zero-order chi connectivity index (χ0) is 17.4. The van der Waals surface area contributed by atoms with Gasteiger partial charge in [-0.25, -0.2) is 0 Å². The van der Waals surface area contributed by atoms with E-state index < -0.39 is 7.26 Å². The second-order valence-electron chi connectivity index (χ2n) is 9.12. The lowest BCUT2D eigenvalue weighted by molar-refractivity contribution is 0.625. The Morgan fingerprint density at radius 3 is 1.92 bits per heavy atom. The van der Waals surface area contributed by atoms with Crippen LogP contribution in [-0.4, -0.2) is 38.5 Å². The third-order valence-corrected chi connectivity index (χ3v) is 14.2. The summed E-state index contributed by atoms with van der Waals surface area (Å²) in [7, 11) is -1.09. The quantitative estimate of drug-likeness (QED) is 0.735. The zero-order valence-corrected chi connectivity index (χ0v) is 17.0. The molecule has 1 aromatic heterocycles. The van der Waals surface area contributed by atoms with Crippen molar-refractivity contribution in [1.82, 2.24) is 15.0 Å². The van der Waals surface area contributed by atoms with Crippen molar-refractivity contribution < 1.29 is 0 Å². The van der Waals surface area contributed by atoms with Gasteiger partial charge in [-0.3, -0.25) is 4.99 Å². The van der Waals surface area contributed by atoms with Crippen molar-refractivity contribution >= 4 is 13.3 Å². The zero-order valence-electron chi connectivity index (χ0n) is 16.2. The SMILES string of the molecule is C1=c2nnn(C[P+](C3CCCC3)(C3CCCC3)C3CCCC3)c2=NCC1. The number of fused-ring (bicyclic) bond motifs is 1. The van der Waals surface area contributed by atoms with Crippen molar-refractivity contribution in [1.29, 1.82) is 0 Å². The third-order valence-electron chi connectivity index (χ3n) is 7.85. The van der Waals surface area contributed by atoms with E-state index in [1.54, 1.807) is 0 Å². The van der Waals surface area contributed by atoms with Crippen LogP contribution in [-0.2, 0) is 6.29 Å². The molecule has 1 aliphatic heterocycles. The van der Waals surface area contributed by atoms with Crippen LogP contribution in [0, 0.1) is 0 Å². The van der Waals surface area contributed by atoms with Crippen molar-refractivity contribution in [3.8, 4) is 0 Å². The van der Waals surface area contributed by atoms with E-state index >= 15 is 0 Å². The Balaban J connectivity index is 1.59. The molecule has 0 aromatic carbocycles. The highest BCUT2D eigenvalue weighted by Crippen LogP contribution is 2.79. The Kier molecular flexibility index (Phi) is 4.90. The molecule has 0 amide bonds.